The Balaban J connectivity index is 3.23. The number of hydrogen-bond acceptors (Lipinski definition) is 3. The molecule has 1 atom stereocenters. The molecule has 3 heteroatoms. The van der Waals surface area contributed by atoms with E-state index in [2.05, 4.69) is 0 Å². The predicted octanol–water partition coefficient (Wildman–Crippen LogP) is 1.10. The maximum atomic E-state index is 10.7. The first kappa shape index (κ1) is 10.4. The number of unbranched alkanes of at least 4 members (excludes halogenated alkanes) is 1. The third-order valence-electron chi connectivity index (χ3n) is 1.22. The maximum absolute atomic E-state index is 10.7. The van der Waals surface area contributed by atoms with Gasteiger partial charge in [-0.2, -0.15) is 0 Å². The zero-order valence-electron chi connectivity index (χ0n) is 7.17. The summed E-state index contributed by atoms with van der Waals surface area (Å²) in [4.78, 5) is 10.7. The third kappa shape index (κ3) is 7.33. The summed E-state index contributed by atoms with van der Waals surface area (Å²) in [6.07, 6.45) is 1.42. The number of esters is 1. The lowest BCUT2D eigenvalue weighted by atomic mass is 10.3. The molecule has 0 aliphatic carbocycles. The number of aliphatic hydroxyl groups is 1. The van der Waals surface area contributed by atoms with Crippen LogP contribution in [0.4, 0.5) is 0 Å². The quantitative estimate of drug-likeness (QED) is 0.484. The van der Waals surface area contributed by atoms with E-state index in [0.717, 1.165) is 12.8 Å². The Hall–Kier alpha value is -0.570. The molecule has 0 aromatic rings. The molecule has 0 amide bonds. The van der Waals surface area contributed by atoms with Crippen molar-refractivity contribution in [2.45, 2.75) is 39.2 Å². The second-order valence-electron chi connectivity index (χ2n) is 2.63. The number of rotatable bonds is 5. The van der Waals surface area contributed by atoms with E-state index < -0.39 is 6.10 Å². The topological polar surface area (TPSA) is 46.5 Å². The van der Waals surface area contributed by atoms with Crippen LogP contribution in [0.2, 0.25) is 0 Å². The molecule has 0 aromatic heterocycles. The van der Waals surface area contributed by atoms with Crippen LogP contribution in [0.3, 0.4) is 0 Å². The average molecular weight is 160 g/mol. The van der Waals surface area contributed by atoms with Crippen LogP contribution in [0, 0.1) is 0 Å². The minimum atomic E-state index is -0.593. The molecule has 0 heterocycles. The summed E-state index contributed by atoms with van der Waals surface area (Å²) in [7, 11) is 0. The summed E-state index contributed by atoms with van der Waals surface area (Å²) >= 11 is 0. The van der Waals surface area contributed by atoms with Crippen molar-refractivity contribution in [3.8, 4) is 0 Å². The van der Waals surface area contributed by atoms with Crippen LogP contribution in [0.25, 0.3) is 0 Å². The van der Waals surface area contributed by atoms with Gasteiger partial charge in [-0.1, -0.05) is 13.3 Å². The first-order valence-corrected chi connectivity index (χ1v) is 4.00. The van der Waals surface area contributed by atoms with Crippen molar-refractivity contribution in [3.05, 3.63) is 0 Å². The fraction of sp³-hybridized carbons (Fsp3) is 0.875. The van der Waals surface area contributed by atoms with E-state index >= 15 is 0 Å². The second kappa shape index (κ2) is 6.16. The third-order valence-corrected chi connectivity index (χ3v) is 1.22. The maximum Gasteiger partial charge on any atom is 0.308 e. The molecular weight excluding hydrogens is 144 g/mol. The molecule has 0 saturated heterocycles. The van der Waals surface area contributed by atoms with Crippen molar-refractivity contribution in [1.82, 2.24) is 0 Å². The summed E-state index contributed by atoms with van der Waals surface area (Å²) < 4.78 is 4.79. The molecule has 0 radical (unpaired) electrons. The lowest BCUT2D eigenvalue weighted by Gasteiger charge is -2.04. The van der Waals surface area contributed by atoms with Gasteiger partial charge in [-0.3, -0.25) is 4.79 Å². The van der Waals surface area contributed by atoms with Gasteiger partial charge in [0.15, 0.2) is 0 Å². The molecule has 0 aliphatic rings. The Morgan fingerprint density at radius 1 is 1.64 bits per heavy atom. The second-order valence-corrected chi connectivity index (χ2v) is 2.63. The summed E-state index contributed by atoms with van der Waals surface area (Å²) in [5.74, 6) is -0.312. The van der Waals surface area contributed by atoms with Crippen LogP contribution in [-0.4, -0.2) is 23.8 Å². The van der Waals surface area contributed by atoms with Gasteiger partial charge in [0.25, 0.3) is 0 Å². The smallest absolute Gasteiger partial charge is 0.308 e. The molecule has 3 nitrogen and oxygen atoms in total. The van der Waals surface area contributed by atoms with Crippen molar-refractivity contribution in [2.24, 2.45) is 0 Å². The van der Waals surface area contributed by atoms with E-state index in [9.17, 15) is 4.79 Å². The molecule has 0 unspecified atom stereocenters. The molecule has 11 heavy (non-hydrogen) atoms. The molecule has 1 N–H and O–H groups in total. The van der Waals surface area contributed by atoms with Gasteiger partial charge in [-0.05, 0) is 13.3 Å². The van der Waals surface area contributed by atoms with E-state index in [0.29, 0.717) is 6.61 Å². The van der Waals surface area contributed by atoms with Gasteiger partial charge in [0.05, 0.1) is 19.1 Å². The fourth-order valence-electron chi connectivity index (χ4n) is 0.630. The zero-order chi connectivity index (χ0) is 8.69. The van der Waals surface area contributed by atoms with Gasteiger partial charge in [0.1, 0.15) is 0 Å². The normalized spacial score (nSPS) is 12.6. The molecule has 0 saturated carbocycles. The summed E-state index contributed by atoms with van der Waals surface area (Å²) in [5, 5.41) is 8.78. The Bertz CT molecular complexity index is 110. The largest absolute Gasteiger partial charge is 0.466 e. The predicted molar refractivity (Wildman–Crippen MR) is 42.2 cm³/mol. The zero-order valence-corrected chi connectivity index (χ0v) is 7.17. The van der Waals surface area contributed by atoms with E-state index in [1.54, 1.807) is 6.92 Å². The Morgan fingerprint density at radius 3 is 2.73 bits per heavy atom. The van der Waals surface area contributed by atoms with Crippen molar-refractivity contribution in [1.29, 1.82) is 0 Å². The Kier molecular flexibility index (Phi) is 5.84. The highest BCUT2D eigenvalue weighted by Gasteiger charge is 2.05. The minimum absolute atomic E-state index is 0.101. The van der Waals surface area contributed by atoms with Crippen LogP contribution in [-0.2, 0) is 9.53 Å². The first-order valence-electron chi connectivity index (χ1n) is 4.00. The van der Waals surface area contributed by atoms with Crippen molar-refractivity contribution >= 4 is 5.97 Å². The SMILES string of the molecule is CCCCOC(=O)C[C@H](C)O. The van der Waals surface area contributed by atoms with Gasteiger partial charge < -0.3 is 9.84 Å². The minimum Gasteiger partial charge on any atom is -0.466 e. The van der Waals surface area contributed by atoms with Gasteiger partial charge >= 0.3 is 5.97 Å². The van der Waals surface area contributed by atoms with Crippen LogP contribution in [0.1, 0.15) is 33.1 Å². The van der Waals surface area contributed by atoms with Crippen LogP contribution in [0.5, 0.6) is 0 Å². The number of carbonyl (C=O) groups is 1. The number of aliphatic hydroxyl groups excluding tert-OH is 1. The van der Waals surface area contributed by atoms with Gasteiger partial charge in [-0.25, -0.2) is 0 Å². The van der Waals surface area contributed by atoms with E-state index in [1.807, 2.05) is 6.92 Å². The highest BCUT2D eigenvalue weighted by molar-refractivity contribution is 5.69. The Morgan fingerprint density at radius 2 is 2.27 bits per heavy atom. The van der Waals surface area contributed by atoms with Gasteiger partial charge in [-0.15, -0.1) is 0 Å². The molecule has 0 bridgehead atoms. The highest BCUT2D eigenvalue weighted by Crippen LogP contribution is 1.95. The number of hydrogen-bond donors (Lipinski definition) is 1. The molecule has 0 aliphatic heterocycles. The average Bonchev–Trinajstić information content (AvgIpc) is 1.86. The molecule has 0 rings (SSSR count). The van der Waals surface area contributed by atoms with E-state index in [-0.39, 0.29) is 12.4 Å². The molecule has 66 valence electrons. The lowest BCUT2D eigenvalue weighted by Crippen LogP contribution is -2.12. The van der Waals surface area contributed by atoms with Crippen molar-refractivity contribution < 1.29 is 14.6 Å². The molecule has 0 spiro atoms. The standard InChI is InChI=1S/C8H16O3/c1-3-4-5-11-8(10)6-7(2)9/h7,9H,3-6H2,1-2H3/t7-/m0/s1. The molecule has 0 fully saturated rings. The molecule has 0 aromatic carbocycles. The summed E-state index contributed by atoms with van der Waals surface area (Å²) in [6, 6.07) is 0. The van der Waals surface area contributed by atoms with Crippen molar-refractivity contribution in [3.63, 3.8) is 0 Å². The summed E-state index contributed by atoms with van der Waals surface area (Å²) in [5.41, 5.74) is 0. The highest BCUT2D eigenvalue weighted by atomic mass is 16.5. The van der Waals surface area contributed by atoms with Crippen LogP contribution in [0.15, 0.2) is 0 Å². The molecular formula is C8H16O3. The van der Waals surface area contributed by atoms with Crippen LogP contribution >= 0.6 is 0 Å². The first-order chi connectivity index (χ1) is 5.16. The van der Waals surface area contributed by atoms with Crippen molar-refractivity contribution in [2.75, 3.05) is 6.61 Å². The number of carbonyl (C=O) groups excluding carboxylic acids is 1. The fourth-order valence-corrected chi connectivity index (χ4v) is 0.630. The Labute approximate surface area is 67.4 Å². The van der Waals surface area contributed by atoms with Gasteiger partial charge in [0.2, 0.25) is 0 Å². The van der Waals surface area contributed by atoms with Gasteiger partial charge in [0, 0.05) is 0 Å². The van der Waals surface area contributed by atoms with E-state index in [4.69, 9.17) is 9.84 Å². The van der Waals surface area contributed by atoms with E-state index in [1.165, 1.54) is 0 Å². The monoisotopic (exact) mass is 160 g/mol. The lowest BCUT2D eigenvalue weighted by molar-refractivity contribution is -0.145. The number of ether oxygens (including phenoxy) is 1. The summed E-state index contributed by atoms with van der Waals surface area (Å²) in [6.45, 7) is 4.08. The van der Waals surface area contributed by atoms with Crippen LogP contribution < -0.4 is 0 Å².